The van der Waals surface area contributed by atoms with E-state index in [9.17, 15) is 18.2 Å². The quantitative estimate of drug-likeness (QED) is 0.153. The number of hydrogen-bond donors (Lipinski definition) is 3. The van der Waals surface area contributed by atoms with Gasteiger partial charge in [0.05, 0.1) is 19.3 Å². The fourth-order valence-corrected chi connectivity index (χ4v) is 9.39. The van der Waals surface area contributed by atoms with Crippen LogP contribution in [0.4, 0.5) is 10.1 Å². The molecule has 3 aliphatic rings. The highest BCUT2D eigenvalue weighted by Gasteiger charge is 2.51. The standard InChI is InChI=1S/C39H38FN5O4S/c1-48-25-38(37(46)43-35-32-19-11-12-26(32)20-27-21-31(40)22-33(27)35)24-45-36(49-38)34(23-42-45)50(41,47)44-39(28-13-5-2-6-14-28,29-15-7-3-8-16-29)30-17-9-4-10-18-30/h2-10,13-18,20,23,31H,11-12,19,21-22,24-25H2,1H3,(H,43,46)(H2,41,44,47)/t31-,38?,50?/m1/s1. The average molecular weight is 692 g/mol. The first-order valence-electron chi connectivity index (χ1n) is 16.8. The van der Waals surface area contributed by atoms with E-state index in [4.69, 9.17) is 9.47 Å². The third-order valence-electron chi connectivity index (χ3n) is 10.2. The number of amides is 1. The monoisotopic (exact) mass is 691 g/mol. The molecule has 0 bridgehead atoms. The zero-order valence-corrected chi connectivity index (χ0v) is 28.5. The summed E-state index contributed by atoms with van der Waals surface area (Å²) in [5, 5.41) is 7.60. The smallest absolute Gasteiger partial charge is 0.273 e. The molecule has 3 atom stereocenters. The van der Waals surface area contributed by atoms with Crippen LogP contribution in [0.2, 0.25) is 0 Å². The Kier molecular flexibility index (Phi) is 8.08. The van der Waals surface area contributed by atoms with E-state index in [1.54, 1.807) is 0 Å². The van der Waals surface area contributed by atoms with E-state index in [0.717, 1.165) is 58.2 Å². The molecule has 3 N–H and O–H groups in total. The minimum atomic E-state index is -3.89. The van der Waals surface area contributed by atoms with Gasteiger partial charge in [0.2, 0.25) is 11.5 Å². The first-order valence-corrected chi connectivity index (χ1v) is 18.4. The fraction of sp³-hybridized carbons (Fsp3) is 0.282. The molecule has 256 valence electrons. The van der Waals surface area contributed by atoms with Crippen molar-refractivity contribution >= 4 is 21.5 Å². The first-order chi connectivity index (χ1) is 24.2. The SMILES string of the molecule is COCC1(C(=O)Nc2c3c(cc4c2C[C@H](F)C4)CCC3)Cn2ncc(S(=N)(=O)NC(c3ccccc3)(c3ccccc3)c3ccccc3)c2O1. The van der Waals surface area contributed by atoms with E-state index >= 15 is 0 Å². The molecule has 0 saturated carbocycles. The van der Waals surface area contributed by atoms with Crippen LogP contribution in [0.1, 0.15) is 45.4 Å². The molecular formula is C39H38FN5O4S. The van der Waals surface area contributed by atoms with E-state index in [-0.39, 0.29) is 30.3 Å². The van der Waals surface area contributed by atoms with E-state index in [1.807, 2.05) is 91.0 Å². The Morgan fingerprint density at radius 2 is 1.60 bits per heavy atom. The lowest BCUT2D eigenvalue weighted by molar-refractivity contribution is -0.134. The van der Waals surface area contributed by atoms with Crippen molar-refractivity contribution in [1.82, 2.24) is 14.5 Å². The predicted octanol–water partition coefficient (Wildman–Crippen LogP) is 6.13. The molecule has 11 heteroatoms. The van der Waals surface area contributed by atoms with E-state index in [2.05, 4.69) is 21.2 Å². The number of carbonyl (C=O) groups excluding carboxylic acids is 1. The molecule has 0 radical (unpaired) electrons. The molecule has 2 aliphatic carbocycles. The second-order valence-electron chi connectivity index (χ2n) is 13.3. The minimum absolute atomic E-state index is 0.0113. The molecule has 2 heterocycles. The van der Waals surface area contributed by atoms with Crippen molar-refractivity contribution in [3.05, 3.63) is 142 Å². The van der Waals surface area contributed by atoms with E-state index in [0.29, 0.717) is 12.1 Å². The Morgan fingerprint density at radius 1 is 0.980 bits per heavy atom. The molecule has 0 spiro atoms. The van der Waals surface area contributed by atoms with Crippen molar-refractivity contribution in [3.63, 3.8) is 0 Å². The maximum absolute atomic E-state index is 14.9. The molecule has 8 rings (SSSR count). The Labute approximate surface area is 290 Å². The van der Waals surface area contributed by atoms with Crippen LogP contribution in [-0.4, -0.2) is 45.4 Å². The Balaban J connectivity index is 1.17. The number of anilines is 1. The lowest BCUT2D eigenvalue weighted by atomic mass is 9.78. The van der Waals surface area contributed by atoms with Crippen LogP contribution < -0.4 is 14.8 Å². The van der Waals surface area contributed by atoms with E-state index < -0.39 is 33.1 Å². The highest BCUT2D eigenvalue weighted by molar-refractivity contribution is 7.90. The molecule has 0 fully saturated rings. The van der Waals surface area contributed by atoms with Gasteiger partial charge < -0.3 is 14.8 Å². The van der Waals surface area contributed by atoms with E-state index in [1.165, 1.54) is 18.0 Å². The highest BCUT2D eigenvalue weighted by atomic mass is 32.2. The van der Waals surface area contributed by atoms with Crippen molar-refractivity contribution in [1.29, 1.82) is 4.78 Å². The maximum atomic E-state index is 14.9. The van der Waals surface area contributed by atoms with Crippen LogP contribution in [0, 0.1) is 4.78 Å². The number of alkyl halides is 1. The number of rotatable bonds is 10. The number of methoxy groups -OCH3 is 1. The number of hydrogen-bond acceptors (Lipinski definition) is 6. The zero-order chi connectivity index (χ0) is 34.5. The van der Waals surface area contributed by atoms with Gasteiger partial charge in [0.25, 0.3) is 5.91 Å². The predicted molar refractivity (Wildman–Crippen MR) is 188 cm³/mol. The van der Waals surface area contributed by atoms with Crippen LogP contribution in [0.3, 0.4) is 0 Å². The largest absolute Gasteiger partial charge is 0.456 e. The van der Waals surface area contributed by atoms with Crippen molar-refractivity contribution < 1.29 is 22.9 Å². The third kappa shape index (κ3) is 5.31. The van der Waals surface area contributed by atoms with Gasteiger partial charge in [-0.3, -0.25) is 4.79 Å². The number of benzene rings is 4. The van der Waals surface area contributed by atoms with Gasteiger partial charge in [0.15, 0.2) is 0 Å². The Hall–Kier alpha value is -4.84. The lowest BCUT2D eigenvalue weighted by Crippen LogP contribution is -2.52. The van der Waals surface area contributed by atoms with Gasteiger partial charge in [-0.25, -0.2) is 22.8 Å². The maximum Gasteiger partial charge on any atom is 0.273 e. The summed E-state index contributed by atoms with van der Waals surface area (Å²) in [6.07, 6.45) is 3.64. The molecule has 1 aromatic heterocycles. The van der Waals surface area contributed by atoms with Gasteiger partial charge >= 0.3 is 0 Å². The third-order valence-corrected chi connectivity index (χ3v) is 11.7. The zero-order valence-electron chi connectivity index (χ0n) is 27.7. The van der Waals surface area contributed by atoms with Crippen LogP contribution in [-0.2, 0) is 57.2 Å². The van der Waals surface area contributed by atoms with Crippen molar-refractivity contribution in [2.75, 3.05) is 19.0 Å². The Bertz CT molecular complexity index is 2080. The fourth-order valence-electron chi connectivity index (χ4n) is 7.91. The number of ether oxygens (including phenoxy) is 2. The summed E-state index contributed by atoms with van der Waals surface area (Å²) < 4.78 is 55.8. The summed E-state index contributed by atoms with van der Waals surface area (Å²) in [4.78, 5) is 14.3. The summed E-state index contributed by atoms with van der Waals surface area (Å²) in [5.41, 5.74) is 4.23. The summed E-state index contributed by atoms with van der Waals surface area (Å²) in [7, 11) is -2.41. The summed E-state index contributed by atoms with van der Waals surface area (Å²) in [6, 6.07) is 30.9. The van der Waals surface area contributed by atoms with Gasteiger partial charge in [-0.2, -0.15) is 5.10 Å². The number of halogens is 1. The molecule has 0 saturated heterocycles. The van der Waals surface area contributed by atoms with Crippen LogP contribution in [0.5, 0.6) is 5.88 Å². The van der Waals surface area contributed by atoms with Crippen molar-refractivity contribution in [3.8, 4) is 5.88 Å². The van der Waals surface area contributed by atoms with Gasteiger partial charge in [-0.15, -0.1) is 0 Å². The number of carbonyl (C=O) groups is 1. The number of nitrogens with zero attached hydrogens (tertiary/aromatic N) is 2. The number of aryl methyl sites for hydroxylation is 1. The summed E-state index contributed by atoms with van der Waals surface area (Å²) in [6.45, 7) is -0.152. The molecule has 1 aliphatic heterocycles. The van der Waals surface area contributed by atoms with Gasteiger partial charge in [-0.05, 0) is 58.2 Å². The van der Waals surface area contributed by atoms with Crippen LogP contribution in [0.25, 0.3) is 0 Å². The number of nitrogens with one attached hydrogen (secondary N) is 3. The minimum Gasteiger partial charge on any atom is -0.456 e. The molecule has 4 aromatic carbocycles. The Morgan fingerprint density at radius 3 is 2.20 bits per heavy atom. The average Bonchev–Trinajstić information content (AvgIpc) is 3.92. The highest BCUT2D eigenvalue weighted by Crippen LogP contribution is 2.43. The topological polar surface area (TPSA) is 118 Å². The molecule has 2 unspecified atom stereocenters. The number of fused-ring (bicyclic) bond motifs is 3. The second-order valence-corrected chi connectivity index (χ2v) is 15.1. The molecular weight excluding hydrogens is 654 g/mol. The van der Waals surface area contributed by atoms with Gasteiger partial charge in [0, 0.05) is 25.6 Å². The molecule has 5 aromatic rings. The van der Waals surface area contributed by atoms with Gasteiger partial charge in [0.1, 0.15) is 26.5 Å². The molecule has 50 heavy (non-hydrogen) atoms. The normalized spacial score (nSPS) is 20.4. The molecule has 9 nitrogen and oxygen atoms in total. The first kappa shape index (κ1) is 32.4. The second kappa shape index (κ2) is 12.5. The molecule has 1 amide bonds. The lowest BCUT2D eigenvalue weighted by Gasteiger charge is -2.37. The summed E-state index contributed by atoms with van der Waals surface area (Å²) >= 11 is 0. The summed E-state index contributed by atoms with van der Waals surface area (Å²) in [5.74, 6) is -0.405. The van der Waals surface area contributed by atoms with Gasteiger partial charge in [-0.1, -0.05) is 97.1 Å². The van der Waals surface area contributed by atoms with Crippen molar-refractivity contribution in [2.45, 2.75) is 60.9 Å². The number of aromatic nitrogens is 2. The van der Waals surface area contributed by atoms with Crippen molar-refractivity contribution in [2.24, 2.45) is 0 Å². The van der Waals surface area contributed by atoms with Crippen LogP contribution >= 0.6 is 0 Å². The van der Waals surface area contributed by atoms with Crippen LogP contribution in [0.15, 0.2) is 108 Å².